The van der Waals surface area contributed by atoms with Crippen LogP contribution in [0.5, 0.6) is 5.75 Å². The van der Waals surface area contributed by atoms with E-state index in [-0.39, 0.29) is 22.1 Å². The fourth-order valence-corrected chi connectivity index (χ4v) is 1.99. The Morgan fingerprint density at radius 3 is 2.57 bits per heavy atom. The Bertz CT molecular complexity index is 608. The number of anilines is 3. The summed E-state index contributed by atoms with van der Waals surface area (Å²) in [4.78, 5) is 0. The number of rotatable bonds is 6. The molecule has 0 saturated heterocycles. The fraction of sp³-hybridized carbons (Fsp3) is 0.200. The molecule has 5 N–H and O–H groups in total. The molecule has 0 radical (unpaired) electrons. The molecule has 0 atom stereocenters. The molecule has 0 bridgehead atoms. The standard InChI is InChI=1S/C15H17ClFN3O/c16-13-11(18)9-12(19)15(14(13)17)20-7-4-8-21-10-5-2-1-3-6-10/h1-3,5-6,9,20H,4,7-8,18-19H2. The van der Waals surface area contributed by atoms with E-state index in [1.165, 1.54) is 6.07 Å². The number of nitrogen functional groups attached to an aromatic ring is 2. The molecule has 0 aromatic heterocycles. The van der Waals surface area contributed by atoms with Gasteiger partial charge in [0, 0.05) is 6.54 Å². The molecule has 6 heteroatoms. The van der Waals surface area contributed by atoms with Crippen LogP contribution in [0.4, 0.5) is 21.5 Å². The second-order valence-electron chi connectivity index (χ2n) is 4.50. The van der Waals surface area contributed by atoms with E-state index in [0.717, 1.165) is 5.75 Å². The first kappa shape index (κ1) is 15.3. The fourth-order valence-electron chi connectivity index (χ4n) is 1.84. The molecule has 0 unspecified atom stereocenters. The summed E-state index contributed by atoms with van der Waals surface area (Å²) in [7, 11) is 0. The predicted molar refractivity (Wildman–Crippen MR) is 85.3 cm³/mol. The molecule has 0 aliphatic carbocycles. The van der Waals surface area contributed by atoms with Crippen molar-refractivity contribution >= 4 is 28.7 Å². The highest BCUT2D eigenvalue weighted by atomic mass is 35.5. The van der Waals surface area contributed by atoms with Gasteiger partial charge in [0.15, 0.2) is 5.82 Å². The molecular formula is C15H17ClFN3O. The van der Waals surface area contributed by atoms with Gasteiger partial charge in [0.25, 0.3) is 0 Å². The number of benzene rings is 2. The topological polar surface area (TPSA) is 73.3 Å². The maximum absolute atomic E-state index is 13.9. The molecule has 0 heterocycles. The summed E-state index contributed by atoms with van der Waals surface area (Å²) >= 11 is 5.75. The van der Waals surface area contributed by atoms with Gasteiger partial charge < -0.3 is 21.5 Å². The minimum Gasteiger partial charge on any atom is -0.494 e. The van der Waals surface area contributed by atoms with E-state index in [1.807, 2.05) is 30.3 Å². The lowest BCUT2D eigenvalue weighted by Crippen LogP contribution is -2.10. The van der Waals surface area contributed by atoms with Crippen LogP contribution in [0, 0.1) is 5.82 Å². The molecule has 0 amide bonds. The predicted octanol–water partition coefficient (Wildman–Crippen LogP) is 3.52. The molecular weight excluding hydrogens is 293 g/mol. The van der Waals surface area contributed by atoms with Gasteiger partial charge in [-0.3, -0.25) is 0 Å². The summed E-state index contributed by atoms with van der Waals surface area (Å²) in [6, 6.07) is 10.9. The Morgan fingerprint density at radius 1 is 1.14 bits per heavy atom. The lowest BCUT2D eigenvalue weighted by Gasteiger charge is -2.13. The molecule has 0 fully saturated rings. The van der Waals surface area contributed by atoms with Crippen molar-refractivity contribution < 1.29 is 9.13 Å². The Hall–Kier alpha value is -2.14. The molecule has 0 aliphatic heterocycles. The molecule has 4 nitrogen and oxygen atoms in total. The second-order valence-corrected chi connectivity index (χ2v) is 4.88. The van der Waals surface area contributed by atoms with Gasteiger partial charge in [-0.25, -0.2) is 4.39 Å². The number of para-hydroxylation sites is 1. The van der Waals surface area contributed by atoms with Crippen molar-refractivity contribution in [3.63, 3.8) is 0 Å². The SMILES string of the molecule is Nc1cc(N)c(NCCCOc2ccccc2)c(F)c1Cl. The lowest BCUT2D eigenvalue weighted by atomic mass is 10.2. The van der Waals surface area contributed by atoms with Crippen molar-refractivity contribution in [3.05, 3.63) is 47.2 Å². The van der Waals surface area contributed by atoms with E-state index in [4.69, 9.17) is 27.8 Å². The zero-order valence-electron chi connectivity index (χ0n) is 11.4. The van der Waals surface area contributed by atoms with Gasteiger partial charge in [-0.05, 0) is 24.6 Å². The largest absolute Gasteiger partial charge is 0.494 e. The summed E-state index contributed by atoms with van der Waals surface area (Å²) in [6.45, 7) is 1.02. The molecule has 112 valence electrons. The van der Waals surface area contributed by atoms with E-state index in [0.29, 0.717) is 19.6 Å². The number of nitrogens with one attached hydrogen (secondary N) is 1. The molecule has 2 aromatic carbocycles. The Morgan fingerprint density at radius 2 is 1.86 bits per heavy atom. The molecule has 2 rings (SSSR count). The highest BCUT2D eigenvalue weighted by molar-refractivity contribution is 6.33. The van der Waals surface area contributed by atoms with Gasteiger partial charge in [-0.1, -0.05) is 29.8 Å². The van der Waals surface area contributed by atoms with Crippen molar-refractivity contribution in [1.82, 2.24) is 0 Å². The van der Waals surface area contributed by atoms with E-state index in [1.54, 1.807) is 0 Å². The highest BCUT2D eigenvalue weighted by Gasteiger charge is 2.13. The molecule has 2 aromatic rings. The maximum atomic E-state index is 13.9. The first-order valence-electron chi connectivity index (χ1n) is 6.54. The van der Waals surface area contributed by atoms with Gasteiger partial charge in [0.05, 0.1) is 23.7 Å². The lowest BCUT2D eigenvalue weighted by molar-refractivity contribution is 0.315. The average Bonchev–Trinajstić information content (AvgIpc) is 2.49. The Kier molecular flexibility index (Phi) is 5.11. The summed E-state index contributed by atoms with van der Waals surface area (Å²) in [6.07, 6.45) is 0.690. The van der Waals surface area contributed by atoms with Gasteiger partial charge in [0.2, 0.25) is 0 Å². The van der Waals surface area contributed by atoms with E-state index >= 15 is 0 Å². The number of hydrogen-bond donors (Lipinski definition) is 3. The third-order valence-corrected chi connectivity index (χ3v) is 3.28. The van der Waals surface area contributed by atoms with Crippen LogP contribution < -0.4 is 21.5 Å². The summed E-state index contributed by atoms with van der Waals surface area (Å²) in [5, 5.41) is 2.80. The van der Waals surface area contributed by atoms with Gasteiger partial charge in [-0.15, -0.1) is 0 Å². The van der Waals surface area contributed by atoms with Crippen molar-refractivity contribution in [2.24, 2.45) is 0 Å². The van der Waals surface area contributed by atoms with Gasteiger partial charge >= 0.3 is 0 Å². The molecule has 0 spiro atoms. The number of ether oxygens (including phenoxy) is 1. The summed E-state index contributed by atoms with van der Waals surface area (Å²) in [5.74, 6) is 0.178. The smallest absolute Gasteiger partial charge is 0.169 e. The van der Waals surface area contributed by atoms with Crippen LogP contribution in [-0.4, -0.2) is 13.2 Å². The van der Waals surface area contributed by atoms with E-state index < -0.39 is 5.82 Å². The first-order chi connectivity index (χ1) is 10.1. The van der Waals surface area contributed by atoms with Crippen molar-refractivity contribution in [1.29, 1.82) is 0 Å². The van der Waals surface area contributed by atoms with Crippen LogP contribution >= 0.6 is 11.6 Å². The zero-order chi connectivity index (χ0) is 15.2. The second kappa shape index (κ2) is 7.04. The highest BCUT2D eigenvalue weighted by Crippen LogP contribution is 2.33. The van der Waals surface area contributed by atoms with Crippen LogP contribution in [0.25, 0.3) is 0 Å². The van der Waals surface area contributed by atoms with E-state index in [9.17, 15) is 4.39 Å². The van der Waals surface area contributed by atoms with Gasteiger partial charge in [-0.2, -0.15) is 0 Å². The number of hydrogen-bond acceptors (Lipinski definition) is 4. The van der Waals surface area contributed by atoms with Crippen molar-refractivity contribution in [3.8, 4) is 5.75 Å². The van der Waals surface area contributed by atoms with Crippen LogP contribution in [0.1, 0.15) is 6.42 Å². The maximum Gasteiger partial charge on any atom is 0.169 e. The normalized spacial score (nSPS) is 10.4. The summed E-state index contributed by atoms with van der Waals surface area (Å²) in [5.41, 5.74) is 11.8. The first-order valence-corrected chi connectivity index (χ1v) is 6.92. The minimum absolute atomic E-state index is 0.118. The van der Waals surface area contributed by atoms with Crippen LogP contribution in [-0.2, 0) is 0 Å². The monoisotopic (exact) mass is 309 g/mol. The minimum atomic E-state index is -0.627. The van der Waals surface area contributed by atoms with Crippen LogP contribution in [0.15, 0.2) is 36.4 Å². The molecule has 0 aliphatic rings. The third kappa shape index (κ3) is 3.92. The van der Waals surface area contributed by atoms with Crippen LogP contribution in [0.3, 0.4) is 0 Å². The average molecular weight is 310 g/mol. The number of nitrogens with two attached hydrogens (primary N) is 2. The quantitative estimate of drug-likeness (QED) is 0.564. The van der Waals surface area contributed by atoms with Crippen molar-refractivity contribution in [2.45, 2.75) is 6.42 Å². The number of halogens is 2. The third-order valence-electron chi connectivity index (χ3n) is 2.90. The van der Waals surface area contributed by atoms with Crippen LogP contribution in [0.2, 0.25) is 5.02 Å². The van der Waals surface area contributed by atoms with Crippen molar-refractivity contribution in [2.75, 3.05) is 29.9 Å². The van der Waals surface area contributed by atoms with E-state index in [2.05, 4.69) is 5.32 Å². The Balaban J connectivity index is 1.83. The molecule has 0 saturated carbocycles. The van der Waals surface area contributed by atoms with Gasteiger partial charge in [0.1, 0.15) is 10.8 Å². The molecule has 21 heavy (non-hydrogen) atoms. The zero-order valence-corrected chi connectivity index (χ0v) is 12.2. The summed E-state index contributed by atoms with van der Waals surface area (Å²) < 4.78 is 19.4. The Labute approximate surface area is 127 Å².